The molecule has 3 rings (SSSR count). The molecule has 1 aliphatic heterocycles. The van der Waals surface area contributed by atoms with Crippen molar-refractivity contribution in [3.05, 3.63) is 63.6 Å². The van der Waals surface area contributed by atoms with Crippen LogP contribution in [-0.2, 0) is 6.54 Å². The molecule has 0 radical (unpaired) electrons. The summed E-state index contributed by atoms with van der Waals surface area (Å²) < 4.78 is 0. The van der Waals surface area contributed by atoms with Crippen molar-refractivity contribution in [3.63, 3.8) is 0 Å². The van der Waals surface area contributed by atoms with Gasteiger partial charge in [0.1, 0.15) is 5.84 Å². The maximum Gasteiger partial charge on any atom is 0.133 e. The molecular formula is C14H11BrCl2N2. The molecule has 98 valence electrons. The first-order valence-corrected chi connectivity index (χ1v) is 6.32. The summed E-state index contributed by atoms with van der Waals surface area (Å²) in [5, 5.41) is 9.37. The zero-order chi connectivity index (χ0) is 12.7. The summed E-state index contributed by atoms with van der Waals surface area (Å²) in [5.41, 5.74) is 2.77. The van der Waals surface area contributed by atoms with Crippen molar-refractivity contribution in [1.29, 1.82) is 5.41 Å². The van der Waals surface area contributed by atoms with Crippen LogP contribution in [0.2, 0.25) is 10.0 Å². The number of hydrogen-bond acceptors (Lipinski definition) is 1. The Balaban J connectivity index is 0.00000133. The minimum atomic E-state index is 0. The number of benzene rings is 2. The van der Waals surface area contributed by atoms with Crippen molar-refractivity contribution in [2.45, 2.75) is 6.54 Å². The lowest BCUT2D eigenvalue weighted by Crippen LogP contribution is -2.23. The highest BCUT2D eigenvalue weighted by Gasteiger charge is 2.27. The third kappa shape index (κ3) is 2.38. The van der Waals surface area contributed by atoms with E-state index in [9.17, 15) is 0 Å². The lowest BCUT2D eigenvalue weighted by Gasteiger charge is -2.20. The summed E-state index contributed by atoms with van der Waals surface area (Å²) in [6.07, 6.45) is 0. The number of amidine groups is 1. The lowest BCUT2D eigenvalue weighted by molar-refractivity contribution is 1.05. The number of rotatable bonds is 1. The van der Waals surface area contributed by atoms with Gasteiger partial charge in [0.2, 0.25) is 0 Å². The fraction of sp³-hybridized carbons (Fsp3) is 0.0714. The van der Waals surface area contributed by atoms with E-state index in [1.807, 2.05) is 29.2 Å². The van der Waals surface area contributed by atoms with Crippen molar-refractivity contribution in [1.82, 2.24) is 0 Å². The Labute approximate surface area is 132 Å². The Kier molecular flexibility index (Phi) is 4.19. The molecule has 0 unspecified atom stereocenters. The first kappa shape index (κ1) is 14.4. The first-order chi connectivity index (χ1) is 8.68. The molecule has 0 amide bonds. The van der Waals surface area contributed by atoms with Gasteiger partial charge in [0.05, 0.1) is 22.3 Å². The summed E-state index contributed by atoms with van der Waals surface area (Å²) in [4.78, 5) is 1.84. The highest BCUT2D eigenvalue weighted by Crippen LogP contribution is 2.38. The second-order valence-corrected chi connectivity index (χ2v) is 4.98. The average molecular weight is 358 g/mol. The number of nitrogens with zero attached hydrogens (tertiary/aromatic N) is 1. The van der Waals surface area contributed by atoms with Crippen LogP contribution in [-0.4, -0.2) is 5.84 Å². The molecule has 0 saturated heterocycles. The van der Waals surface area contributed by atoms with E-state index in [2.05, 4.69) is 0 Å². The van der Waals surface area contributed by atoms with Gasteiger partial charge in [0, 0.05) is 5.56 Å². The average Bonchev–Trinajstić information content (AvgIpc) is 2.68. The van der Waals surface area contributed by atoms with Crippen LogP contribution >= 0.6 is 40.2 Å². The molecule has 0 fully saturated rings. The SMILES string of the molecule is Br.N=C1c2ccccc2CN1c1c(Cl)cccc1Cl. The number of hydrogen-bond donors (Lipinski definition) is 1. The molecule has 19 heavy (non-hydrogen) atoms. The molecule has 5 heteroatoms. The predicted octanol–water partition coefficient (Wildman–Crippen LogP) is 4.92. The lowest BCUT2D eigenvalue weighted by atomic mass is 10.1. The summed E-state index contributed by atoms with van der Waals surface area (Å²) in [6, 6.07) is 13.3. The summed E-state index contributed by atoms with van der Waals surface area (Å²) in [6.45, 7) is 0.637. The van der Waals surface area contributed by atoms with E-state index in [0.29, 0.717) is 28.1 Å². The molecule has 0 aromatic heterocycles. The van der Waals surface area contributed by atoms with Crippen LogP contribution in [0.4, 0.5) is 5.69 Å². The Bertz CT molecular complexity index is 623. The van der Waals surface area contributed by atoms with Gasteiger partial charge < -0.3 is 4.90 Å². The topological polar surface area (TPSA) is 27.1 Å². The van der Waals surface area contributed by atoms with E-state index < -0.39 is 0 Å². The van der Waals surface area contributed by atoms with E-state index in [0.717, 1.165) is 11.1 Å². The van der Waals surface area contributed by atoms with Crippen molar-refractivity contribution < 1.29 is 0 Å². The van der Waals surface area contributed by atoms with Crippen LogP contribution in [0.3, 0.4) is 0 Å². The minimum Gasteiger partial charge on any atom is -0.319 e. The molecule has 0 bridgehead atoms. The number of fused-ring (bicyclic) bond motifs is 1. The van der Waals surface area contributed by atoms with Gasteiger partial charge in [-0.3, -0.25) is 5.41 Å². The van der Waals surface area contributed by atoms with Crippen LogP contribution in [0.25, 0.3) is 0 Å². The molecule has 0 spiro atoms. The predicted molar refractivity (Wildman–Crippen MR) is 86.2 cm³/mol. The van der Waals surface area contributed by atoms with Gasteiger partial charge in [-0.25, -0.2) is 0 Å². The first-order valence-electron chi connectivity index (χ1n) is 5.57. The Hall–Kier alpha value is -1.03. The van der Waals surface area contributed by atoms with Gasteiger partial charge in [-0.15, -0.1) is 17.0 Å². The molecular weight excluding hydrogens is 347 g/mol. The van der Waals surface area contributed by atoms with Gasteiger partial charge in [-0.05, 0) is 17.7 Å². The van der Waals surface area contributed by atoms with Crippen LogP contribution in [0.15, 0.2) is 42.5 Å². The second kappa shape index (κ2) is 5.53. The van der Waals surface area contributed by atoms with Crippen LogP contribution in [0, 0.1) is 5.41 Å². The zero-order valence-corrected chi connectivity index (χ0v) is 13.1. The maximum absolute atomic E-state index is 8.23. The van der Waals surface area contributed by atoms with Gasteiger partial charge >= 0.3 is 0 Å². The van der Waals surface area contributed by atoms with E-state index in [1.165, 1.54) is 0 Å². The molecule has 2 aromatic rings. The molecule has 0 saturated carbocycles. The molecule has 1 aliphatic rings. The second-order valence-electron chi connectivity index (χ2n) is 4.16. The standard InChI is InChI=1S/C14H10Cl2N2.BrH/c15-11-6-3-7-12(16)13(11)18-8-9-4-1-2-5-10(9)14(18)17;/h1-7,17H,8H2;1H. The van der Waals surface area contributed by atoms with E-state index >= 15 is 0 Å². The number of para-hydroxylation sites is 1. The summed E-state index contributed by atoms with van der Waals surface area (Å²) in [7, 11) is 0. The third-order valence-corrected chi connectivity index (χ3v) is 3.69. The quantitative estimate of drug-likeness (QED) is 0.770. The third-order valence-electron chi connectivity index (χ3n) is 3.08. The highest BCUT2D eigenvalue weighted by molar-refractivity contribution is 8.93. The molecule has 1 heterocycles. The van der Waals surface area contributed by atoms with Crippen LogP contribution in [0.1, 0.15) is 11.1 Å². The van der Waals surface area contributed by atoms with Crippen molar-refractivity contribution >= 4 is 51.7 Å². The van der Waals surface area contributed by atoms with E-state index in [-0.39, 0.29) is 17.0 Å². The van der Waals surface area contributed by atoms with Gasteiger partial charge in [-0.2, -0.15) is 0 Å². The van der Waals surface area contributed by atoms with Crippen LogP contribution < -0.4 is 4.90 Å². The number of halogens is 3. The zero-order valence-electron chi connectivity index (χ0n) is 9.86. The molecule has 2 aromatic carbocycles. The fourth-order valence-corrected chi connectivity index (χ4v) is 2.82. The number of anilines is 1. The molecule has 2 nitrogen and oxygen atoms in total. The molecule has 0 atom stereocenters. The summed E-state index contributed by atoms with van der Waals surface area (Å²) >= 11 is 12.4. The van der Waals surface area contributed by atoms with E-state index in [4.69, 9.17) is 28.6 Å². The monoisotopic (exact) mass is 356 g/mol. The van der Waals surface area contributed by atoms with Gasteiger partial charge in [0.15, 0.2) is 0 Å². The van der Waals surface area contributed by atoms with Gasteiger partial charge in [-0.1, -0.05) is 53.5 Å². The smallest absolute Gasteiger partial charge is 0.133 e. The number of nitrogens with one attached hydrogen (secondary N) is 1. The van der Waals surface area contributed by atoms with Gasteiger partial charge in [0.25, 0.3) is 0 Å². The maximum atomic E-state index is 8.23. The largest absolute Gasteiger partial charge is 0.319 e. The minimum absolute atomic E-state index is 0. The fourth-order valence-electron chi connectivity index (χ4n) is 2.22. The Morgan fingerprint density at radius 2 is 1.58 bits per heavy atom. The Morgan fingerprint density at radius 3 is 2.21 bits per heavy atom. The van der Waals surface area contributed by atoms with Crippen LogP contribution in [0.5, 0.6) is 0 Å². The van der Waals surface area contributed by atoms with Crippen molar-refractivity contribution in [2.24, 2.45) is 0 Å². The Morgan fingerprint density at radius 1 is 0.947 bits per heavy atom. The molecule has 0 aliphatic carbocycles. The molecule has 1 N–H and O–H groups in total. The van der Waals surface area contributed by atoms with Crippen molar-refractivity contribution in [2.75, 3.05) is 4.90 Å². The highest BCUT2D eigenvalue weighted by atomic mass is 79.9. The van der Waals surface area contributed by atoms with Crippen molar-refractivity contribution in [3.8, 4) is 0 Å². The summed E-state index contributed by atoms with van der Waals surface area (Å²) in [5.74, 6) is 0.445. The van der Waals surface area contributed by atoms with E-state index in [1.54, 1.807) is 18.2 Å². The normalized spacial score (nSPS) is 13.2.